The zero-order chi connectivity index (χ0) is 11.5. The number of rotatable bonds is 3. The maximum absolute atomic E-state index is 13.6. The third-order valence-electron chi connectivity index (χ3n) is 2.13. The molecule has 0 aliphatic heterocycles. The molecule has 0 saturated carbocycles. The zero-order valence-corrected chi connectivity index (χ0v) is 8.87. The second-order valence-corrected chi connectivity index (χ2v) is 3.58. The summed E-state index contributed by atoms with van der Waals surface area (Å²) in [4.78, 5) is 13.8. The van der Waals surface area contributed by atoms with Gasteiger partial charge in [0.05, 0.1) is 18.2 Å². The van der Waals surface area contributed by atoms with E-state index in [0.717, 1.165) is 0 Å². The molecule has 0 atom stereocenters. The molecule has 0 bridgehead atoms. The summed E-state index contributed by atoms with van der Waals surface area (Å²) in [6.07, 6.45) is 1.44. The van der Waals surface area contributed by atoms with E-state index in [4.69, 9.17) is 4.74 Å². The van der Waals surface area contributed by atoms with Gasteiger partial charge in [-0.15, -0.1) is 0 Å². The zero-order valence-electron chi connectivity index (χ0n) is 8.87. The molecule has 0 spiro atoms. The molecule has 0 fully saturated rings. The predicted molar refractivity (Wildman–Crippen MR) is 54.1 cm³/mol. The quantitative estimate of drug-likeness (QED) is 0.566. The molecule has 15 heavy (non-hydrogen) atoms. The van der Waals surface area contributed by atoms with Gasteiger partial charge in [0.25, 0.3) is 0 Å². The lowest BCUT2D eigenvalue weighted by atomic mass is 9.93. The van der Waals surface area contributed by atoms with Crippen LogP contribution in [0.25, 0.3) is 0 Å². The van der Waals surface area contributed by atoms with Gasteiger partial charge in [-0.2, -0.15) is 4.99 Å². The van der Waals surface area contributed by atoms with Crippen LogP contribution in [0.2, 0.25) is 0 Å². The Hall–Kier alpha value is -1.67. The topological polar surface area (TPSA) is 38.7 Å². The summed E-state index contributed by atoms with van der Waals surface area (Å²) in [6.45, 7) is 3.25. The van der Waals surface area contributed by atoms with Crippen molar-refractivity contribution in [1.82, 2.24) is 0 Å². The molecule has 0 radical (unpaired) electrons. The lowest BCUT2D eigenvalue weighted by Gasteiger charge is -2.21. The van der Waals surface area contributed by atoms with E-state index >= 15 is 0 Å². The van der Waals surface area contributed by atoms with E-state index in [2.05, 4.69) is 4.99 Å². The predicted octanol–water partition coefficient (Wildman–Crippen LogP) is 2.41. The Bertz CT molecular complexity index is 409. The molecule has 0 heterocycles. The average molecular weight is 209 g/mol. The standard InChI is InChI=1S/C11H12FNO2/c1-11(2,13-7-14)10-8(12)5-4-6-9(10)15-3/h4-6H,1-3H3. The van der Waals surface area contributed by atoms with Crippen LogP contribution in [0, 0.1) is 5.82 Å². The fourth-order valence-corrected chi connectivity index (χ4v) is 1.44. The molecule has 0 aromatic heterocycles. The monoisotopic (exact) mass is 209 g/mol. The molecule has 0 N–H and O–H groups in total. The van der Waals surface area contributed by atoms with Crippen molar-refractivity contribution in [2.45, 2.75) is 19.4 Å². The van der Waals surface area contributed by atoms with Gasteiger partial charge in [-0.3, -0.25) is 0 Å². The fourth-order valence-electron chi connectivity index (χ4n) is 1.44. The number of hydrogen-bond donors (Lipinski definition) is 0. The number of ether oxygens (including phenoxy) is 1. The van der Waals surface area contributed by atoms with Gasteiger partial charge in [-0.1, -0.05) is 6.07 Å². The van der Waals surface area contributed by atoms with Gasteiger partial charge >= 0.3 is 0 Å². The first-order valence-corrected chi connectivity index (χ1v) is 4.45. The summed E-state index contributed by atoms with van der Waals surface area (Å²) >= 11 is 0. The summed E-state index contributed by atoms with van der Waals surface area (Å²) in [5.41, 5.74) is -0.714. The van der Waals surface area contributed by atoms with Crippen LogP contribution in [-0.4, -0.2) is 13.2 Å². The molecule has 0 unspecified atom stereocenters. The Labute approximate surface area is 87.6 Å². The first-order chi connectivity index (χ1) is 7.03. The van der Waals surface area contributed by atoms with Gasteiger partial charge in [0.15, 0.2) is 0 Å². The van der Waals surface area contributed by atoms with Crippen LogP contribution in [0.4, 0.5) is 4.39 Å². The highest BCUT2D eigenvalue weighted by atomic mass is 19.1. The summed E-state index contributed by atoms with van der Waals surface area (Å²) in [6, 6.07) is 4.47. The van der Waals surface area contributed by atoms with Gasteiger partial charge in [-0.25, -0.2) is 9.18 Å². The Kier molecular flexibility index (Phi) is 3.22. The summed E-state index contributed by atoms with van der Waals surface area (Å²) in [5, 5.41) is 0. The van der Waals surface area contributed by atoms with Crippen LogP contribution in [-0.2, 0) is 10.3 Å². The number of isocyanates is 1. The van der Waals surface area contributed by atoms with E-state index < -0.39 is 11.4 Å². The van der Waals surface area contributed by atoms with Crippen molar-refractivity contribution in [3.63, 3.8) is 0 Å². The fraction of sp³-hybridized carbons (Fsp3) is 0.364. The SMILES string of the molecule is COc1cccc(F)c1C(C)(C)N=C=O. The summed E-state index contributed by atoms with van der Waals surface area (Å²) < 4.78 is 18.6. The molecule has 4 heteroatoms. The van der Waals surface area contributed by atoms with E-state index in [1.807, 2.05) is 0 Å². The first-order valence-electron chi connectivity index (χ1n) is 4.45. The van der Waals surface area contributed by atoms with E-state index in [9.17, 15) is 9.18 Å². The largest absolute Gasteiger partial charge is 0.496 e. The van der Waals surface area contributed by atoms with Gasteiger partial charge in [-0.05, 0) is 26.0 Å². The van der Waals surface area contributed by atoms with Crippen molar-refractivity contribution in [2.24, 2.45) is 4.99 Å². The Morgan fingerprint density at radius 1 is 1.47 bits per heavy atom. The molecule has 1 rings (SSSR count). The molecule has 0 amide bonds. The van der Waals surface area contributed by atoms with E-state index in [-0.39, 0.29) is 5.56 Å². The number of carbonyl (C=O) groups excluding carboxylic acids is 1. The van der Waals surface area contributed by atoms with Gasteiger partial charge < -0.3 is 4.74 Å². The molecule has 1 aromatic rings. The molecule has 1 aromatic carbocycles. The van der Waals surface area contributed by atoms with Crippen LogP contribution >= 0.6 is 0 Å². The normalized spacial score (nSPS) is 10.7. The highest BCUT2D eigenvalue weighted by Crippen LogP contribution is 2.34. The van der Waals surface area contributed by atoms with Crippen LogP contribution in [0.1, 0.15) is 19.4 Å². The minimum Gasteiger partial charge on any atom is -0.496 e. The smallest absolute Gasteiger partial charge is 0.235 e. The van der Waals surface area contributed by atoms with E-state index in [1.165, 1.54) is 19.3 Å². The maximum atomic E-state index is 13.6. The van der Waals surface area contributed by atoms with Gasteiger partial charge in [0.1, 0.15) is 11.6 Å². The first kappa shape index (κ1) is 11.4. The van der Waals surface area contributed by atoms with Crippen molar-refractivity contribution >= 4 is 6.08 Å². The summed E-state index contributed by atoms with van der Waals surface area (Å²) in [7, 11) is 1.44. The van der Waals surface area contributed by atoms with Crippen molar-refractivity contribution in [3.05, 3.63) is 29.6 Å². The third-order valence-corrected chi connectivity index (χ3v) is 2.13. The number of aliphatic imine (C=N–C) groups is 1. The van der Waals surface area contributed by atoms with Gasteiger partial charge in [0.2, 0.25) is 6.08 Å². The Balaban J connectivity index is 3.40. The molecule has 0 aliphatic rings. The van der Waals surface area contributed by atoms with E-state index in [0.29, 0.717) is 5.75 Å². The van der Waals surface area contributed by atoms with Crippen molar-refractivity contribution in [1.29, 1.82) is 0 Å². The van der Waals surface area contributed by atoms with Crippen molar-refractivity contribution < 1.29 is 13.9 Å². The van der Waals surface area contributed by atoms with E-state index in [1.54, 1.807) is 26.0 Å². The lowest BCUT2D eigenvalue weighted by Crippen LogP contribution is -2.17. The molecule has 0 saturated heterocycles. The number of methoxy groups -OCH3 is 1. The summed E-state index contributed by atoms with van der Waals surface area (Å²) in [5.74, 6) is -0.0719. The van der Waals surface area contributed by atoms with Crippen molar-refractivity contribution in [2.75, 3.05) is 7.11 Å². The average Bonchev–Trinajstić information content (AvgIpc) is 2.16. The van der Waals surface area contributed by atoms with Crippen LogP contribution in [0.5, 0.6) is 5.75 Å². The lowest BCUT2D eigenvalue weighted by molar-refractivity contribution is 0.384. The number of hydrogen-bond acceptors (Lipinski definition) is 3. The third kappa shape index (κ3) is 2.22. The minimum atomic E-state index is -0.974. The second kappa shape index (κ2) is 4.24. The van der Waals surface area contributed by atoms with Crippen LogP contribution in [0.15, 0.2) is 23.2 Å². The molecular formula is C11H12FNO2. The number of benzene rings is 1. The van der Waals surface area contributed by atoms with Crippen LogP contribution in [0.3, 0.4) is 0 Å². The highest BCUT2D eigenvalue weighted by Gasteiger charge is 2.27. The second-order valence-electron chi connectivity index (χ2n) is 3.58. The Morgan fingerprint density at radius 3 is 2.67 bits per heavy atom. The molecule has 0 aliphatic carbocycles. The Morgan fingerprint density at radius 2 is 2.13 bits per heavy atom. The number of nitrogens with zero attached hydrogens (tertiary/aromatic N) is 1. The molecule has 80 valence electrons. The highest BCUT2D eigenvalue weighted by molar-refractivity contribution is 5.43. The molecular weight excluding hydrogens is 197 g/mol. The minimum absolute atomic E-state index is 0.260. The van der Waals surface area contributed by atoms with Crippen LogP contribution < -0.4 is 4.74 Å². The van der Waals surface area contributed by atoms with Gasteiger partial charge in [0, 0.05) is 0 Å². The number of halogens is 1. The maximum Gasteiger partial charge on any atom is 0.235 e. The van der Waals surface area contributed by atoms with Crippen molar-refractivity contribution in [3.8, 4) is 5.75 Å². The molecule has 3 nitrogen and oxygen atoms in total.